The molecule has 0 aliphatic carbocycles. The van der Waals surface area contributed by atoms with Gasteiger partial charge < -0.3 is 5.11 Å². The fourth-order valence-electron chi connectivity index (χ4n) is 2.67. The second-order valence-electron chi connectivity index (χ2n) is 5.14. The maximum absolute atomic E-state index is 11.4. The fourth-order valence-corrected chi connectivity index (χ4v) is 2.67. The van der Waals surface area contributed by atoms with E-state index < -0.39 is 5.97 Å². The van der Waals surface area contributed by atoms with Crippen LogP contribution in [0.2, 0.25) is 0 Å². The van der Waals surface area contributed by atoms with Crippen LogP contribution in [0, 0.1) is 6.92 Å². The topological polar surface area (TPSA) is 40.5 Å². The van der Waals surface area contributed by atoms with Crippen LogP contribution in [0.5, 0.6) is 0 Å². The van der Waals surface area contributed by atoms with Gasteiger partial charge in [0.15, 0.2) is 0 Å². The smallest absolute Gasteiger partial charge is 0.321 e. The van der Waals surface area contributed by atoms with Crippen molar-refractivity contribution in [2.24, 2.45) is 0 Å². The van der Waals surface area contributed by atoms with Crippen LogP contribution in [0.1, 0.15) is 30.4 Å². The van der Waals surface area contributed by atoms with Crippen LogP contribution in [0.25, 0.3) is 0 Å². The molecule has 3 heteroatoms. The largest absolute Gasteiger partial charge is 0.480 e. The first-order chi connectivity index (χ1) is 8.66. The number of likely N-dealkylation sites (tertiary alicyclic amines) is 1. The summed E-state index contributed by atoms with van der Waals surface area (Å²) in [5, 5.41) is 9.41. The molecule has 2 rings (SSSR count). The number of aliphatic carboxylic acids is 1. The number of piperidine rings is 1. The minimum atomic E-state index is -0.696. The predicted molar refractivity (Wildman–Crippen MR) is 71.7 cm³/mol. The van der Waals surface area contributed by atoms with Gasteiger partial charge in [-0.05, 0) is 44.8 Å². The van der Waals surface area contributed by atoms with E-state index in [0.717, 1.165) is 31.5 Å². The Bertz CT molecular complexity index is 411. The molecule has 0 unspecified atom stereocenters. The molecule has 1 aromatic carbocycles. The van der Waals surface area contributed by atoms with Crippen molar-refractivity contribution in [3.8, 4) is 0 Å². The number of benzene rings is 1. The quantitative estimate of drug-likeness (QED) is 0.888. The summed E-state index contributed by atoms with van der Waals surface area (Å²) in [6.45, 7) is 3.88. The summed E-state index contributed by atoms with van der Waals surface area (Å²) >= 11 is 0. The Hall–Kier alpha value is -1.35. The maximum atomic E-state index is 11.4. The number of aryl methyl sites for hydroxylation is 1. The van der Waals surface area contributed by atoms with Gasteiger partial charge in [0.25, 0.3) is 0 Å². The van der Waals surface area contributed by atoms with E-state index in [1.807, 2.05) is 25.1 Å². The molecule has 0 radical (unpaired) electrons. The van der Waals surface area contributed by atoms with E-state index in [1.165, 1.54) is 12.0 Å². The molecule has 1 aliphatic rings. The van der Waals surface area contributed by atoms with Gasteiger partial charge in [0.1, 0.15) is 6.04 Å². The summed E-state index contributed by atoms with van der Waals surface area (Å²) in [7, 11) is 0. The molecular formula is C15H21NO2. The Labute approximate surface area is 108 Å². The number of nitrogens with zero attached hydrogens (tertiary/aromatic N) is 1. The zero-order valence-corrected chi connectivity index (χ0v) is 10.9. The molecule has 0 spiro atoms. The van der Waals surface area contributed by atoms with Crippen molar-refractivity contribution in [2.75, 3.05) is 13.1 Å². The Kier molecular flexibility index (Phi) is 4.37. The van der Waals surface area contributed by atoms with Crippen molar-refractivity contribution in [2.45, 2.75) is 38.6 Å². The maximum Gasteiger partial charge on any atom is 0.321 e. The van der Waals surface area contributed by atoms with E-state index in [-0.39, 0.29) is 6.04 Å². The Morgan fingerprint density at radius 1 is 1.33 bits per heavy atom. The molecule has 1 saturated heterocycles. The minimum absolute atomic E-state index is 0.368. The van der Waals surface area contributed by atoms with E-state index >= 15 is 0 Å². The third-order valence-corrected chi connectivity index (χ3v) is 3.63. The monoisotopic (exact) mass is 247 g/mol. The molecule has 0 aromatic heterocycles. The Morgan fingerprint density at radius 3 is 2.67 bits per heavy atom. The third kappa shape index (κ3) is 3.33. The molecule has 0 amide bonds. The second kappa shape index (κ2) is 6.01. The lowest BCUT2D eigenvalue weighted by Gasteiger charge is -2.32. The molecule has 1 N–H and O–H groups in total. The van der Waals surface area contributed by atoms with Gasteiger partial charge in [-0.25, -0.2) is 0 Å². The lowest BCUT2D eigenvalue weighted by Crippen LogP contribution is -2.45. The number of hydrogen-bond acceptors (Lipinski definition) is 2. The Morgan fingerprint density at radius 2 is 2.06 bits per heavy atom. The van der Waals surface area contributed by atoms with Crippen molar-refractivity contribution in [3.05, 3.63) is 35.4 Å². The van der Waals surface area contributed by atoms with E-state index in [0.29, 0.717) is 6.42 Å². The van der Waals surface area contributed by atoms with Crippen LogP contribution in [0.3, 0.4) is 0 Å². The molecule has 0 bridgehead atoms. The molecule has 1 aliphatic heterocycles. The van der Waals surface area contributed by atoms with E-state index in [4.69, 9.17) is 0 Å². The normalized spacial score (nSPS) is 18.5. The fraction of sp³-hybridized carbons (Fsp3) is 0.533. The highest BCUT2D eigenvalue weighted by Crippen LogP contribution is 2.16. The molecule has 1 heterocycles. The standard InChI is InChI=1S/C15H21NO2/c1-12-6-5-7-13(10-12)11-14(15(17)18)16-8-3-2-4-9-16/h5-7,10,14H,2-4,8-9,11H2,1H3,(H,17,18)/t14-/m0/s1. The zero-order valence-electron chi connectivity index (χ0n) is 10.9. The number of carboxylic acids is 1. The molecule has 1 atom stereocenters. The molecule has 3 nitrogen and oxygen atoms in total. The summed E-state index contributed by atoms with van der Waals surface area (Å²) in [5.74, 6) is -0.696. The summed E-state index contributed by atoms with van der Waals surface area (Å²) in [4.78, 5) is 13.6. The first-order valence-electron chi connectivity index (χ1n) is 6.69. The van der Waals surface area contributed by atoms with Crippen molar-refractivity contribution in [1.29, 1.82) is 0 Å². The van der Waals surface area contributed by atoms with Gasteiger partial charge in [0, 0.05) is 0 Å². The van der Waals surface area contributed by atoms with Gasteiger partial charge in [-0.1, -0.05) is 36.2 Å². The number of carbonyl (C=O) groups is 1. The minimum Gasteiger partial charge on any atom is -0.480 e. The lowest BCUT2D eigenvalue weighted by atomic mass is 10.0. The van der Waals surface area contributed by atoms with Crippen LogP contribution < -0.4 is 0 Å². The van der Waals surface area contributed by atoms with Gasteiger partial charge in [-0.3, -0.25) is 9.69 Å². The van der Waals surface area contributed by atoms with Gasteiger partial charge >= 0.3 is 5.97 Å². The Balaban J connectivity index is 2.08. The molecule has 0 saturated carbocycles. The van der Waals surface area contributed by atoms with E-state index in [9.17, 15) is 9.90 Å². The van der Waals surface area contributed by atoms with E-state index in [2.05, 4.69) is 11.0 Å². The molecular weight excluding hydrogens is 226 g/mol. The van der Waals surface area contributed by atoms with Gasteiger partial charge in [0.05, 0.1) is 0 Å². The van der Waals surface area contributed by atoms with Gasteiger partial charge in [-0.15, -0.1) is 0 Å². The lowest BCUT2D eigenvalue weighted by molar-refractivity contribution is -0.143. The summed E-state index contributed by atoms with van der Waals surface area (Å²) in [6, 6.07) is 7.78. The first kappa shape index (κ1) is 13.1. The highest BCUT2D eigenvalue weighted by Gasteiger charge is 2.26. The van der Waals surface area contributed by atoms with Gasteiger partial charge in [-0.2, -0.15) is 0 Å². The van der Waals surface area contributed by atoms with Crippen LogP contribution in [0.4, 0.5) is 0 Å². The highest BCUT2D eigenvalue weighted by atomic mass is 16.4. The van der Waals surface area contributed by atoms with Crippen LogP contribution in [0.15, 0.2) is 24.3 Å². The summed E-state index contributed by atoms with van der Waals surface area (Å²) in [5.41, 5.74) is 2.31. The molecule has 98 valence electrons. The average molecular weight is 247 g/mol. The van der Waals surface area contributed by atoms with Crippen LogP contribution in [-0.4, -0.2) is 35.1 Å². The van der Waals surface area contributed by atoms with E-state index in [1.54, 1.807) is 0 Å². The average Bonchev–Trinajstić information content (AvgIpc) is 2.37. The number of hydrogen-bond donors (Lipinski definition) is 1. The van der Waals surface area contributed by atoms with Crippen LogP contribution >= 0.6 is 0 Å². The zero-order chi connectivity index (χ0) is 13.0. The molecule has 18 heavy (non-hydrogen) atoms. The number of rotatable bonds is 4. The van der Waals surface area contributed by atoms with Crippen molar-refractivity contribution in [3.63, 3.8) is 0 Å². The first-order valence-corrected chi connectivity index (χ1v) is 6.69. The van der Waals surface area contributed by atoms with Crippen molar-refractivity contribution in [1.82, 2.24) is 4.90 Å². The molecule has 1 aromatic rings. The number of carboxylic acid groups (broad SMARTS) is 1. The summed E-state index contributed by atoms with van der Waals surface area (Å²) < 4.78 is 0. The molecule has 1 fully saturated rings. The van der Waals surface area contributed by atoms with Crippen molar-refractivity contribution >= 4 is 5.97 Å². The van der Waals surface area contributed by atoms with Crippen LogP contribution in [-0.2, 0) is 11.2 Å². The SMILES string of the molecule is Cc1cccc(C[C@@H](C(=O)O)N2CCCCC2)c1. The highest BCUT2D eigenvalue weighted by molar-refractivity contribution is 5.74. The third-order valence-electron chi connectivity index (χ3n) is 3.63. The van der Waals surface area contributed by atoms with Gasteiger partial charge in [0.2, 0.25) is 0 Å². The second-order valence-corrected chi connectivity index (χ2v) is 5.14. The summed E-state index contributed by atoms with van der Waals surface area (Å²) in [6.07, 6.45) is 4.08. The van der Waals surface area contributed by atoms with Crippen molar-refractivity contribution < 1.29 is 9.90 Å². The predicted octanol–water partition coefficient (Wildman–Crippen LogP) is 2.48.